The molecule has 0 radical (unpaired) electrons. The number of carboxylic acid groups (broad SMARTS) is 1. The molecule has 0 amide bonds. The highest BCUT2D eigenvalue weighted by Crippen LogP contribution is 2.17. The second-order valence-electron chi connectivity index (χ2n) is 2.69. The van der Waals surface area contributed by atoms with Gasteiger partial charge in [0.15, 0.2) is 6.17 Å². The van der Waals surface area contributed by atoms with Crippen molar-refractivity contribution in [2.45, 2.75) is 32.4 Å². The summed E-state index contributed by atoms with van der Waals surface area (Å²) in [6.45, 7) is 1.26. The molecule has 2 nitrogen and oxygen atoms in total. The highest BCUT2D eigenvalue weighted by Gasteiger charge is 2.20. The number of hydrogen-bond donors (Lipinski definition) is 1. The number of hydrogen-bond acceptors (Lipinski definition) is 1. The Kier molecular flexibility index (Phi) is 4.70. The lowest BCUT2D eigenvalue weighted by Crippen LogP contribution is -2.17. The third-order valence-corrected chi connectivity index (χ3v) is 1.57. The zero-order valence-corrected chi connectivity index (χ0v) is 6.64. The van der Waals surface area contributed by atoms with Gasteiger partial charge in [-0.25, -0.2) is 18.0 Å². The van der Waals surface area contributed by atoms with E-state index in [0.29, 0.717) is 0 Å². The molecule has 0 rings (SSSR count). The van der Waals surface area contributed by atoms with Gasteiger partial charge in [-0.3, -0.25) is 0 Å². The SMILES string of the molecule is CC(CCC(F)C(=O)O)C(F)F. The lowest BCUT2D eigenvalue weighted by molar-refractivity contribution is -0.143. The molecule has 5 heteroatoms. The zero-order valence-electron chi connectivity index (χ0n) is 6.64. The van der Waals surface area contributed by atoms with E-state index in [4.69, 9.17) is 5.11 Å². The highest BCUT2D eigenvalue weighted by atomic mass is 19.3. The van der Waals surface area contributed by atoms with Gasteiger partial charge >= 0.3 is 5.97 Å². The maximum Gasteiger partial charge on any atom is 0.338 e. The van der Waals surface area contributed by atoms with E-state index in [9.17, 15) is 18.0 Å². The minimum absolute atomic E-state index is 0.106. The summed E-state index contributed by atoms with van der Waals surface area (Å²) < 4.78 is 35.9. The van der Waals surface area contributed by atoms with Gasteiger partial charge in [0, 0.05) is 5.92 Å². The topological polar surface area (TPSA) is 37.3 Å². The van der Waals surface area contributed by atoms with Gasteiger partial charge in [0.1, 0.15) is 0 Å². The molecule has 0 heterocycles. The van der Waals surface area contributed by atoms with Crippen LogP contribution in [0.15, 0.2) is 0 Å². The molecule has 0 bridgehead atoms. The van der Waals surface area contributed by atoms with E-state index in [0.717, 1.165) is 0 Å². The van der Waals surface area contributed by atoms with E-state index < -0.39 is 24.5 Å². The normalized spacial score (nSPS) is 16.1. The van der Waals surface area contributed by atoms with Gasteiger partial charge in [0.25, 0.3) is 0 Å². The lowest BCUT2D eigenvalue weighted by atomic mass is 10.0. The van der Waals surface area contributed by atoms with Crippen LogP contribution in [0.25, 0.3) is 0 Å². The molecule has 0 aliphatic heterocycles. The van der Waals surface area contributed by atoms with E-state index >= 15 is 0 Å². The molecular formula is C7H11F3O2. The third-order valence-electron chi connectivity index (χ3n) is 1.57. The first-order valence-corrected chi connectivity index (χ1v) is 3.60. The van der Waals surface area contributed by atoms with Crippen LogP contribution in [0.5, 0.6) is 0 Å². The van der Waals surface area contributed by atoms with Crippen molar-refractivity contribution in [3.63, 3.8) is 0 Å². The van der Waals surface area contributed by atoms with Gasteiger partial charge < -0.3 is 5.11 Å². The minimum Gasteiger partial charge on any atom is -0.479 e. The van der Waals surface area contributed by atoms with Crippen LogP contribution in [-0.4, -0.2) is 23.7 Å². The van der Waals surface area contributed by atoms with E-state index in [-0.39, 0.29) is 12.8 Å². The Bertz CT molecular complexity index is 150. The Morgan fingerprint density at radius 2 is 1.83 bits per heavy atom. The Labute approximate surface area is 68.4 Å². The molecule has 0 aromatic rings. The Hall–Kier alpha value is -0.740. The number of carboxylic acids is 1. The molecule has 2 unspecified atom stereocenters. The van der Waals surface area contributed by atoms with Crippen molar-refractivity contribution in [3.8, 4) is 0 Å². The van der Waals surface area contributed by atoms with Gasteiger partial charge in [-0.2, -0.15) is 0 Å². The molecular weight excluding hydrogens is 173 g/mol. The second kappa shape index (κ2) is 5.00. The molecule has 72 valence electrons. The molecule has 0 saturated heterocycles. The first-order chi connectivity index (χ1) is 5.45. The van der Waals surface area contributed by atoms with Crippen LogP contribution in [0.3, 0.4) is 0 Å². The highest BCUT2D eigenvalue weighted by molar-refractivity contribution is 5.71. The monoisotopic (exact) mass is 184 g/mol. The molecule has 2 atom stereocenters. The summed E-state index contributed by atoms with van der Waals surface area (Å²) in [5.74, 6) is -2.53. The molecule has 1 N–H and O–H groups in total. The smallest absolute Gasteiger partial charge is 0.338 e. The maximum atomic E-state index is 12.3. The summed E-state index contributed by atoms with van der Waals surface area (Å²) in [6, 6.07) is 0. The summed E-state index contributed by atoms with van der Waals surface area (Å²) in [5, 5.41) is 8.07. The average molecular weight is 184 g/mol. The number of rotatable bonds is 5. The van der Waals surface area contributed by atoms with Gasteiger partial charge in [-0.15, -0.1) is 0 Å². The number of carbonyl (C=O) groups is 1. The zero-order chi connectivity index (χ0) is 9.72. The van der Waals surface area contributed by atoms with E-state index in [2.05, 4.69) is 0 Å². The first kappa shape index (κ1) is 11.3. The van der Waals surface area contributed by atoms with Gasteiger partial charge in [0.2, 0.25) is 6.43 Å². The van der Waals surface area contributed by atoms with Crippen molar-refractivity contribution in [1.82, 2.24) is 0 Å². The molecule has 12 heavy (non-hydrogen) atoms. The van der Waals surface area contributed by atoms with E-state index in [1.807, 2.05) is 0 Å². The molecule has 0 saturated carbocycles. The maximum absolute atomic E-state index is 12.3. The Morgan fingerprint density at radius 3 is 2.17 bits per heavy atom. The third kappa shape index (κ3) is 4.20. The average Bonchev–Trinajstić information content (AvgIpc) is 1.98. The summed E-state index contributed by atoms with van der Waals surface area (Å²) in [4.78, 5) is 9.92. The fraction of sp³-hybridized carbons (Fsp3) is 0.857. The summed E-state index contributed by atoms with van der Waals surface area (Å²) in [6.07, 6.45) is -4.98. The second-order valence-corrected chi connectivity index (χ2v) is 2.69. The molecule has 0 spiro atoms. The predicted molar refractivity (Wildman–Crippen MR) is 36.9 cm³/mol. The number of halogens is 3. The van der Waals surface area contributed by atoms with Gasteiger partial charge in [0.05, 0.1) is 0 Å². The number of alkyl halides is 3. The largest absolute Gasteiger partial charge is 0.479 e. The van der Waals surface area contributed by atoms with Crippen molar-refractivity contribution in [1.29, 1.82) is 0 Å². The summed E-state index contributed by atoms with van der Waals surface area (Å²) in [7, 11) is 0. The van der Waals surface area contributed by atoms with Crippen molar-refractivity contribution in [2.75, 3.05) is 0 Å². The van der Waals surface area contributed by atoms with Crippen molar-refractivity contribution >= 4 is 5.97 Å². The van der Waals surface area contributed by atoms with Crippen LogP contribution in [0.2, 0.25) is 0 Å². The van der Waals surface area contributed by atoms with Crippen LogP contribution in [0.4, 0.5) is 13.2 Å². The molecule has 0 fully saturated rings. The molecule has 0 aromatic heterocycles. The fourth-order valence-corrected chi connectivity index (χ4v) is 0.659. The predicted octanol–water partition coefficient (Wildman–Crippen LogP) is 2.09. The van der Waals surface area contributed by atoms with Crippen LogP contribution >= 0.6 is 0 Å². The Balaban J connectivity index is 3.61. The van der Waals surface area contributed by atoms with Crippen molar-refractivity contribution in [3.05, 3.63) is 0 Å². The number of aliphatic carboxylic acids is 1. The van der Waals surface area contributed by atoms with Crippen LogP contribution in [0, 0.1) is 5.92 Å². The quantitative estimate of drug-likeness (QED) is 0.710. The van der Waals surface area contributed by atoms with E-state index in [1.54, 1.807) is 0 Å². The van der Waals surface area contributed by atoms with Crippen LogP contribution < -0.4 is 0 Å². The van der Waals surface area contributed by atoms with E-state index in [1.165, 1.54) is 6.92 Å². The van der Waals surface area contributed by atoms with Crippen molar-refractivity contribution < 1.29 is 23.1 Å². The lowest BCUT2D eigenvalue weighted by Gasteiger charge is -2.09. The van der Waals surface area contributed by atoms with Gasteiger partial charge in [-0.1, -0.05) is 6.92 Å². The standard InChI is InChI=1S/C7H11F3O2/c1-4(6(9)10)2-3-5(8)7(11)12/h4-6H,2-3H2,1H3,(H,11,12). The fourth-order valence-electron chi connectivity index (χ4n) is 0.659. The molecule has 0 aromatic carbocycles. The van der Waals surface area contributed by atoms with Gasteiger partial charge in [-0.05, 0) is 12.8 Å². The van der Waals surface area contributed by atoms with Crippen LogP contribution in [-0.2, 0) is 4.79 Å². The summed E-state index contributed by atoms with van der Waals surface area (Å²) in [5.41, 5.74) is 0. The van der Waals surface area contributed by atoms with Crippen LogP contribution in [0.1, 0.15) is 19.8 Å². The minimum atomic E-state index is -2.51. The van der Waals surface area contributed by atoms with Crippen molar-refractivity contribution in [2.24, 2.45) is 5.92 Å². The molecule has 0 aliphatic carbocycles. The Morgan fingerprint density at radius 1 is 1.33 bits per heavy atom. The first-order valence-electron chi connectivity index (χ1n) is 3.60. The summed E-state index contributed by atoms with van der Waals surface area (Å²) >= 11 is 0. The molecule has 0 aliphatic rings.